The lowest BCUT2D eigenvalue weighted by Crippen LogP contribution is -2.39. The van der Waals surface area contributed by atoms with Gasteiger partial charge in [-0.05, 0) is 12.0 Å². The zero-order chi connectivity index (χ0) is 11.8. The van der Waals surface area contributed by atoms with Gasteiger partial charge in [0, 0.05) is 7.11 Å². The summed E-state index contributed by atoms with van der Waals surface area (Å²) in [4.78, 5) is 11.1. The summed E-state index contributed by atoms with van der Waals surface area (Å²) < 4.78 is 9.61. The molecule has 0 aliphatic heterocycles. The molecular formula is C12H17NO3. The van der Waals surface area contributed by atoms with Crippen molar-refractivity contribution in [2.75, 3.05) is 20.8 Å². The number of ether oxygens (including phenoxy) is 2. The van der Waals surface area contributed by atoms with Crippen LogP contribution in [0.15, 0.2) is 30.3 Å². The van der Waals surface area contributed by atoms with Crippen molar-refractivity contribution >= 4 is 6.09 Å². The van der Waals surface area contributed by atoms with E-state index in [4.69, 9.17) is 4.74 Å². The van der Waals surface area contributed by atoms with E-state index in [0.717, 1.165) is 12.0 Å². The molecule has 1 rings (SSSR count). The summed E-state index contributed by atoms with van der Waals surface area (Å²) >= 11 is 0. The van der Waals surface area contributed by atoms with E-state index >= 15 is 0 Å². The Bertz CT molecular complexity index is 313. The molecule has 1 N–H and O–H groups in total. The summed E-state index contributed by atoms with van der Waals surface area (Å²) in [7, 11) is 2.96. The van der Waals surface area contributed by atoms with Gasteiger partial charge in [0.2, 0.25) is 0 Å². The van der Waals surface area contributed by atoms with Crippen molar-refractivity contribution in [3.63, 3.8) is 0 Å². The second-order valence-corrected chi connectivity index (χ2v) is 3.48. The monoisotopic (exact) mass is 223 g/mol. The van der Waals surface area contributed by atoms with Crippen molar-refractivity contribution < 1.29 is 14.3 Å². The molecule has 1 aromatic carbocycles. The van der Waals surface area contributed by atoms with Gasteiger partial charge in [-0.1, -0.05) is 30.3 Å². The first-order valence-electron chi connectivity index (χ1n) is 5.13. The fourth-order valence-electron chi connectivity index (χ4n) is 1.48. The number of carbonyl (C=O) groups is 1. The van der Waals surface area contributed by atoms with Crippen LogP contribution in [0.1, 0.15) is 5.56 Å². The topological polar surface area (TPSA) is 47.6 Å². The van der Waals surface area contributed by atoms with Crippen LogP contribution in [0.3, 0.4) is 0 Å². The predicted octanol–water partition coefficient (Wildman–Crippen LogP) is 1.60. The number of alkyl carbamates (subject to hydrolysis) is 1. The number of nitrogens with one attached hydrogen (secondary N) is 1. The molecule has 1 aromatic rings. The molecule has 1 amide bonds. The van der Waals surface area contributed by atoms with E-state index in [9.17, 15) is 4.79 Å². The number of methoxy groups -OCH3 is 2. The van der Waals surface area contributed by atoms with E-state index in [-0.39, 0.29) is 6.04 Å². The lowest BCUT2D eigenvalue weighted by molar-refractivity contribution is 0.140. The second kappa shape index (κ2) is 6.85. The van der Waals surface area contributed by atoms with Crippen molar-refractivity contribution in [1.29, 1.82) is 0 Å². The number of hydrogen-bond acceptors (Lipinski definition) is 3. The summed E-state index contributed by atoms with van der Waals surface area (Å²) in [6.45, 7) is 0.462. The fourth-order valence-corrected chi connectivity index (χ4v) is 1.48. The number of carbonyl (C=O) groups excluding carboxylic acids is 1. The Morgan fingerprint density at radius 3 is 2.56 bits per heavy atom. The maximum atomic E-state index is 11.1. The molecule has 16 heavy (non-hydrogen) atoms. The molecule has 4 heteroatoms. The highest BCUT2D eigenvalue weighted by Crippen LogP contribution is 2.03. The quantitative estimate of drug-likeness (QED) is 0.824. The zero-order valence-corrected chi connectivity index (χ0v) is 9.60. The molecule has 0 heterocycles. The Morgan fingerprint density at radius 1 is 1.31 bits per heavy atom. The minimum Gasteiger partial charge on any atom is -0.453 e. The van der Waals surface area contributed by atoms with Gasteiger partial charge < -0.3 is 14.8 Å². The Kier molecular flexibility index (Phi) is 5.36. The second-order valence-electron chi connectivity index (χ2n) is 3.48. The normalized spacial score (nSPS) is 11.9. The van der Waals surface area contributed by atoms with Crippen LogP contribution in [0.2, 0.25) is 0 Å². The zero-order valence-electron chi connectivity index (χ0n) is 9.60. The van der Waals surface area contributed by atoms with Gasteiger partial charge in [-0.2, -0.15) is 0 Å². The van der Waals surface area contributed by atoms with Crippen LogP contribution in [-0.4, -0.2) is 33.0 Å². The SMILES string of the molecule is COC[C@H](Cc1ccccc1)NC(=O)OC. The molecule has 0 aromatic heterocycles. The molecular weight excluding hydrogens is 206 g/mol. The first-order valence-corrected chi connectivity index (χ1v) is 5.13. The Morgan fingerprint density at radius 2 is 2.00 bits per heavy atom. The van der Waals surface area contributed by atoms with Crippen molar-refractivity contribution in [2.24, 2.45) is 0 Å². The first kappa shape index (κ1) is 12.5. The van der Waals surface area contributed by atoms with Gasteiger partial charge in [-0.3, -0.25) is 0 Å². The first-order chi connectivity index (χ1) is 7.76. The van der Waals surface area contributed by atoms with Crippen LogP contribution < -0.4 is 5.32 Å². The molecule has 0 saturated carbocycles. The van der Waals surface area contributed by atoms with Gasteiger partial charge in [0.1, 0.15) is 0 Å². The Labute approximate surface area is 95.6 Å². The summed E-state index contributed by atoms with van der Waals surface area (Å²) in [6, 6.07) is 9.86. The molecule has 0 bridgehead atoms. The molecule has 0 spiro atoms. The molecule has 0 saturated heterocycles. The van der Waals surface area contributed by atoms with Gasteiger partial charge >= 0.3 is 6.09 Å². The van der Waals surface area contributed by atoms with Gasteiger partial charge in [-0.25, -0.2) is 4.79 Å². The highest BCUT2D eigenvalue weighted by molar-refractivity contribution is 5.67. The van der Waals surface area contributed by atoms with E-state index in [2.05, 4.69) is 10.1 Å². The van der Waals surface area contributed by atoms with Crippen LogP contribution >= 0.6 is 0 Å². The van der Waals surface area contributed by atoms with Gasteiger partial charge in [0.15, 0.2) is 0 Å². The third-order valence-electron chi connectivity index (χ3n) is 2.20. The van der Waals surface area contributed by atoms with E-state index in [1.165, 1.54) is 7.11 Å². The Hall–Kier alpha value is -1.55. The molecule has 88 valence electrons. The largest absolute Gasteiger partial charge is 0.453 e. The van der Waals surface area contributed by atoms with Crippen LogP contribution in [0.4, 0.5) is 4.79 Å². The van der Waals surface area contributed by atoms with Gasteiger partial charge in [0.05, 0.1) is 19.8 Å². The number of amides is 1. The highest BCUT2D eigenvalue weighted by Gasteiger charge is 2.12. The molecule has 0 fully saturated rings. The van der Waals surface area contributed by atoms with E-state index < -0.39 is 6.09 Å². The van der Waals surface area contributed by atoms with Crippen molar-refractivity contribution in [3.8, 4) is 0 Å². The smallest absolute Gasteiger partial charge is 0.407 e. The van der Waals surface area contributed by atoms with Crippen LogP contribution in [0.5, 0.6) is 0 Å². The number of hydrogen-bond donors (Lipinski definition) is 1. The summed E-state index contributed by atoms with van der Waals surface area (Å²) in [5, 5.41) is 2.73. The van der Waals surface area contributed by atoms with E-state index in [0.29, 0.717) is 6.61 Å². The minimum atomic E-state index is -0.432. The van der Waals surface area contributed by atoms with Crippen LogP contribution in [0, 0.1) is 0 Å². The Balaban J connectivity index is 2.54. The van der Waals surface area contributed by atoms with Crippen molar-refractivity contribution in [3.05, 3.63) is 35.9 Å². The van der Waals surface area contributed by atoms with Crippen molar-refractivity contribution in [1.82, 2.24) is 5.32 Å². The minimum absolute atomic E-state index is 0.0696. The standard InChI is InChI=1S/C12H17NO3/c1-15-9-11(13-12(14)16-2)8-10-6-4-3-5-7-10/h3-7,11H,8-9H2,1-2H3,(H,13,14)/t11-/m0/s1. The van der Waals surface area contributed by atoms with Gasteiger partial charge in [0.25, 0.3) is 0 Å². The molecule has 0 aliphatic carbocycles. The molecule has 0 unspecified atom stereocenters. The maximum absolute atomic E-state index is 11.1. The molecule has 0 radical (unpaired) electrons. The number of rotatable bonds is 5. The highest BCUT2D eigenvalue weighted by atomic mass is 16.5. The average molecular weight is 223 g/mol. The average Bonchev–Trinajstić information content (AvgIpc) is 2.30. The van der Waals surface area contributed by atoms with E-state index in [1.807, 2.05) is 30.3 Å². The van der Waals surface area contributed by atoms with Crippen LogP contribution in [-0.2, 0) is 15.9 Å². The van der Waals surface area contributed by atoms with Gasteiger partial charge in [-0.15, -0.1) is 0 Å². The molecule has 1 atom stereocenters. The molecule has 0 aliphatic rings. The predicted molar refractivity (Wildman–Crippen MR) is 61.4 cm³/mol. The summed E-state index contributed by atoms with van der Waals surface area (Å²) in [6.07, 6.45) is 0.294. The summed E-state index contributed by atoms with van der Waals surface area (Å²) in [5.41, 5.74) is 1.15. The third kappa shape index (κ3) is 4.31. The third-order valence-corrected chi connectivity index (χ3v) is 2.20. The lowest BCUT2D eigenvalue weighted by atomic mass is 10.1. The fraction of sp³-hybridized carbons (Fsp3) is 0.417. The van der Waals surface area contributed by atoms with Crippen LogP contribution in [0.25, 0.3) is 0 Å². The molecule has 4 nitrogen and oxygen atoms in total. The van der Waals surface area contributed by atoms with Crippen molar-refractivity contribution in [2.45, 2.75) is 12.5 Å². The maximum Gasteiger partial charge on any atom is 0.407 e. The van der Waals surface area contributed by atoms with E-state index in [1.54, 1.807) is 7.11 Å². The number of benzene rings is 1. The summed E-state index contributed by atoms with van der Waals surface area (Å²) in [5.74, 6) is 0. The lowest BCUT2D eigenvalue weighted by Gasteiger charge is -2.17.